The van der Waals surface area contributed by atoms with Gasteiger partial charge in [-0.2, -0.15) is 0 Å². The molecule has 0 bridgehead atoms. The number of para-hydroxylation sites is 1. The summed E-state index contributed by atoms with van der Waals surface area (Å²) in [6, 6.07) is 8.16. The molecule has 1 saturated carbocycles. The van der Waals surface area contributed by atoms with E-state index in [2.05, 4.69) is 6.07 Å². The van der Waals surface area contributed by atoms with Crippen molar-refractivity contribution in [2.45, 2.75) is 38.6 Å². The van der Waals surface area contributed by atoms with Gasteiger partial charge >= 0.3 is 0 Å². The average Bonchev–Trinajstić information content (AvgIpc) is 2.82. The third-order valence-electron chi connectivity index (χ3n) is 3.40. The summed E-state index contributed by atoms with van der Waals surface area (Å²) in [5.74, 6) is 1.62. The van der Waals surface area contributed by atoms with Crippen molar-refractivity contribution in [3.63, 3.8) is 0 Å². The minimum atomic E-state index is 0.00222. The molecule has 1 atom stereocenters. The van der Waals surface area contributed by atoms with Crippen LogP contribution in [0.5, 0.6) is 5.75 Å². The zero-order valence-corrected chi connectivity index (χ0v) is 8.82. The van der Waals surface area contributed by atoms with Crippen molar-refractivity contribution in [3.05, 3.63) is 29.8 Å². The highest BCUT2D eigenvalue weighted by Gasteiger charge is 2.30. The van der Waals surface area contributed by atoms with Gasteiger partial charge in [0.05, 0.1) is 6.61 Å². The Morgan fingerprint density at radius 3 is 2.73 bits per heavy atom. The van der Waals surface area contributed by atoms with E-state index < -0.39 is 0 Å². The van der Waals surface area contributed by atoms with E-state index in [-0.39, 0.29) is 6.29 Å². The zero-order chi connectivity index (χ0) is 10.1. The molecule has 0 saturated heterocycles. The maximum absolute atomic E-state index is 5.89. The van der Waals surface area contributed by atoms with Crippen LogP contribution in [0.3, 0.4) is 0 Å². The van der Waals surface area contributed by atoms with Crippen LogP contribution in [0, 0.1) is 5.92 Å². The van der Waals surface area contributed by atoms with E-state index in [4.69, 9.17) is 9.47 Å². The molecule has 2 heteroatoms. The van der Waals surface area contributed by atoms with Crippen molar-refractivity contribution in [2.75, 3.05) is 0 Å². The fraction of sp³-hybridized carbons (Fsp3) is 0.538. The van der Waals surface area contributed by atoms with Crippen molar-refractivity contribution in [3.8, 4) is 5.75 Å². The van der Waals surface area contributed by atoms with E-state index in [9.17, 15) is 0 Å². The van der Waals surface area contributed by atoms with Crippen molar-refractivity contribution in [1.82, 2.24) is 0 Å². The van der Waals surface area contributed by atoms with Gasteiger partial charge in [0, 0.05) is 11.5 Å². The molecule has 1 aliphatic carbocycles. The molecule has 2 nitrogen and oxygen atoms in total. The Morgan fingerprint density at radius 1 is 1.07 bits per heavy atom. The summed E-state index contributed by atoms with van der Waals surface area (Å²) in [4.78, 5) is 0. The molecule has 1 fully saturated rings. The first-order valence-corrected chi connectivity index (χ1v) is 5.79. The highest BCUT2D eigenvalue weighted by molar-refractivity contribution is 5.33. The molecule has 0 spiro atoms. The Morgan fingerprint density at radius 2 is 1.87 bits per heavy atom. The first kappa shape index (κ1) is 9.22. The second-order valence-corrected chi connectivity index (χ2v) is 4.45. The summed E-state index contributed by atoms with van der Waals surface area (Å²) in [6.45, 7) is 0.706. The minimum Gasteiger partial charge on any atom is -0.464 e. The van der Waals surface area contributed by atoms with Crippen LogP contribution in [-0.2, 0) is 11.3 Å². The van der Waals surface area contributed by atoms with Crippen molar-refractivity contribution >= 4 is 0 Å². The van der Waals surface area contributed by atoms with E-state index in [1.54, 1.807) is 0 Å². The van der Waals surface area contributed by atoms with Gasteiger partial charge in [-0.15, -0.1) is 0 Å². The normalized spacial score (nSPS) is 26.0. The molecule has 1 aromatic rings. The highest BCUT2D eigenvalue weighted by atomic mass is 16.7. The van der Waals surface area contributed by atoms with Gasteiger partial charge < -0.3 is 9.47 Å². The predicted molar refractivity (Wildman–Crippen MR) is 57.6 cm³/mol. The number of hydrogen-bond acceptors (Lipinski definition) is 2. The summed E-state index contributed by atoms with van der Waals surface area (Å²) in [5.41, 5.74) is 1.17. The fourth-order valence-corrected chi connectivity index (χ4v) is 2.53. The van der Waals surface area contributed by atoms with Gasteiger partial charge in [-0.3, -0.25) is 0 Å². The van der Waals surface area contributed by atoms with Crippen LogP contribution in [0.25, 0.3) is 0 Å². The van der Waals surface area contributed by atoms with Crippen LogP contribution >= 0.6 is 0 Å². The second kappa shape index (κ2) is 3.86. The molecule has 0 radical (unpaired) electrons. The molecule has 0 N–H and O–H groups in total. The summed E-state index contributed by atoms with van der Waals surface area (Å²) in [7, 11) is 0. The Kier molecular flexibility index (Phi) is 2.37. The van der Waals surface area contributed by atoms with Crippen LogP contribution in [-0.4, -0.2) is 6.29 Å². The molecule has 1 heterocycles. The smallest absolute Gasteiger partial charge is 0.203 e. The third kappa shape index (κ3) is 1.74. The van der Waals surface area contributed by atoms with Crippen LogP contribution < -0.4 is 4.74 Å². The van der Waals surface area contributed by atoms with E-state index in [1.165, 1.54) is 31.2 Å². The van der Waals surface area contributed by atoms with Crippen LogP contribution in [0.15, 0.2) is 24.3 Å². The Balaban J connectivity index is 1.76. The molecule has 1 unspecified atom stereocenters. The van der Waals surface area contributed by atoms with Gasteiger partial charge in [0.2, 0.25) is 6.29 Å². The average molecular weight is 204 g/mol. The summed E-state index contributed by atoms with van der Waals surface area (Å²) >= 11 is 0. The first-order valence-electron chi connectivity index (χ1n) is 5.79. The van der Waals surface area contributed by atoms with Gasteiger partial charge in [-0.25, -0.2) is 0 Å². The summed E-state index contributed by atoms with van der Waals surface area (Å²) in [5, 5.41) is 0. The quantitative estimate of drug-likeness (QED) is 0.699. The van der Waals surface area contributed by atoms with Gasteiger partial charge in [-0.1, -0.05) is 31.0 Å². The lowest BCUT2D eigenvalue weighted by atomic mass is 10.1. The maximum atomic E-state index is 5.89. The van der Waals surface area contributed by atoms with Crippen molar-refractivity contribution < 1.29 is 9.47 Å². The number of hydrogen-bond donors (Lipinski definition) is 0. The van der Waals surface area contributed by atoms with Crippen molar-refractivity contribution in [1.29, 1.82) is 0 Å². The lowest BCUT2D eigenvalue weighted by Crippen LogP contribution is -2.31. The number of benzene rings is 1. The molecule has 15 heavy (non-hydrogen) atoms. The molecule has 1 aromatic carbocycles. The first-order chi connectivity index (χ1) is 7.43. The highest BCUT2D eigenvalue weighted by Crippen LogP contribution is 2.35. The van der Waals surface area contributed by atoms with E-state index >= 15 is 0 Å². The van der Waals surface area contributed by atoms with Gasteiger partial charge in [0.25, 0.3) is 0 Å². The fourth-order valence-electron chi connectivity index (χ4n) is 2.53. The lowest BCUT2D eigenvalue weighted by molar-refractivity contribution is -0.138. The zero-order valence-electron chi connectivity index (χ0n) is 8.82. The monoisotopic (exact) mass is 204 g/mol. The van der Waals surface area contributed by atoms with E-state index in [1.807, 2.05) is 18.2 Å². The SMILES string of the molecule is c1ccc2c(c1)COC(C1CCCC1)O2. The Hall–Kier alpha value is -1.02. The molecule has 0 amide bonds. The summed E-state index contributed by atoms with van der Waals surface area (Å²) in [6.07, 6.45) is 5.17. The number of ether oxygens (including phenoxy) is 2. The second-order valence-electron chi connectivity index (χ2n) is 4.45. The van der Waals surface area contributed by atoms with E-state index in [0.29, 0.717) is 12.5 Å². The van der Waals surface area contributed by atoms with Gasteiger partial charge in [0.1, 0.15) is 5.75 Å². The molecule has 0 aromatic heterocycles. The molecule has 80 valence electrons. The Labute approximate surface area is 90.2 Å². The molecule has 2 aliphatic rings. The predicted octanol–water partition coefficient (Wildman–Crippen LogP) is 3.11. The summed E-state index contributed by atoms with van der Waals surface area (Å²) < 4.78 is 11.7. The molecular formula is C13H16O2. The number of fused-ring (bicyclic) bond motifs is 1. The van der Waals surface area contributed by atoms with Crippen LogP contribution in [0.4, 0.5) is 0 Å². The van der Waals surface area contributed by atoms with E-state index in [0.717, 1.165) is 5.75 Å². The van der Waals surface area contributed by atoms with Crippen molar-refractivity contribution in [2.24, 2.45) is 5.92 Å². The minimum absolute atomic E-state index is 0.00222. The topological polar surface area (TPSA) is 18.5 Å². The molecule has 1 aliphatic heterocycles. The standard InChI is InChI=1S/C13H16O2/c1-2-6-10(5-1)13-14-9-11-7-3-4-8-12(11)15-13/h3-4,7-8,10,13H,1-2,5-6,9H2. The third-order valence-corrected chi connectivity index (χ3v) is 3.40. The Bertz CT molecular complexity index is 342. The molecular weight excluding hydrogens is 188 g/mol. The maximum Gasteiger partial charge on any atom is 0.203 e. The van der Waals surface area contributed by atoms with Crippen LogP contribution in [0.1, 0.15) is 31.2 Å². The largest absolute Gasteiger partial charge is 0.464 e. The molecule has 3 rings (SSSR count). The van der Waals surface area contributed by atoms with Crippen LogP contribution in [0.2, 0.25) is 0 Å². The number of rotatable bonds is 1. The lowest BCUT2D eigenvalue weighted by Gasteiger charge is -2.30. The van der Waals surface area contributed by atoms with Gasteiger partial charge in [0.15, 0.2) is 0 Å². The van der Waals surface area contributed by atoms with Gasteiger partial charge in [-0.05, 0) is 18.9 Å².